The molecular weight excluding hydrogens is 243 g/mol. The van der Waals surface area contributed by atoms with Crippen molar-refractivity contribution in [3.8, 4) is 0 Å². The van der Waals surface area contributed by atoms with Gasteiger partial charge in [0.05, 0.1) is 6.10 Å². The van der Waals surface area contributed by atoms with Crippen LogP contribution in [0.25, 0.3) is 0 Å². The van der Waals surface area contributed by atoms with Crippen molar-refractivity contribution in [2.45, 2.75) is 18.6 Å². The minimum absolute atomic E-state index is 0.190. The third kappa shape index (κ3) is 2.05. The Morgan fingerprint density at radius 1 is 1.70 bits per heavy atom. The maximum atomic E-state index is 5.81. The zero-order valence-electron chi connectivity index (χ0n) is 6.09. The molecule has 0 amide bonds. The van der Waals surface area contributed by atoms with Gasteiger partial charge in [-0.1, -0.05) is 0 Å². The van der Waals surface area contributed by atoms with Crippen molar-refractivity contribution in [2.75, 3.05) is 20.2 Å². The van der Waals surface area contributed by atoms with E-state index in [2.05, 4.69) is 26.0 Å². The second-order valence-electron chi connectivity index (χ2n) is 2.60. The Morgan fingerprint density at radius 3 is 2.90 bits per heavy atom. The van der Waals surface area contributed by atoms with E-state index in [4.69, 9.17) is 10.5 Å². The molecule has 0 unspecified atom stereocenters. The molecule has 4 heteroatoms. The highest BCUT2D eigenvalue weighted by molar-refractivity contribution is 14.1. The van der Waals surface area contributed by atoms with Gasteiger partial charge >= 0.3 is 0 Å². The number of ether oxygens (including phenoxy) is 1. The van der Waals surface area contributed by atoms with Gasteiger partial charge in [-0.3, -0.25) is 0 Å². The lowest BCUT2D eigenvalue weighted by Crippen LogP contribution is -2.48. The third-order valence-corrected chi connectivity index (χ3v) is 2.72. The fourth-order valence-corrected chi connectivity index (χ4v) is 1.95. The minimum atomic E-state index is 0.190. The fraction of sp³-hybridized carbons (Fsp3) is 1.00. The molecule has 1 heterocycles. The SMILES string of the molecule is CO[C@H]1CCN(I)C[C@@H]1N. The number of hydrogen-bond donors (Lipinski definition) is 1. The van der Waals surface area contributed by atoms with Crippen LogP contribution in [0.2, 0.25) is 0 Å². The van der Waals surface area contributed by atoms with Gasteiger partial charge in [-0.05, 0) is 6.42 Å². The molecule has 0 aliphatic carbocycles. The first-order valence-corrected chi connectivity index (χ1v) is 4.39. The molecule has 1 fully saturated rings. The van der Waals surface area contributed by atoms with Gasteiger partial charge in [-0.2, -0.15) is 0 Å². The molecule has 0 bridgehead atoms. The van der Waals surface area contributed by atoms with E-state index >= 15 is 0 Å². The van der Waals surface area contributed by atoms with Crippen LogP contribution in [0.1, 0.15) is 6.42 Å². The topological polar surface area (TPSA) is 38.5 Å². The van der Waals surface area contributed by atoms with Crippen molar-refractivity contribution in [1.82, 2.24) is 3.11 Å². The summed E-state index contributed by atoms with van der Waals surface area (Å²) in [6, 6.07) is 0.190. The Balaban J connectivity index is 2.36. The molecule has 1 saturated heterocycles. The molecule has 0 spiro atoms. The number of hydrogen-bond acceptors (Lipinski definition) is 3. The molecule has 60 valence electrons. The van der Waals surface area contributed by atoms with Crippen LogP contribution in [0.4, 0.5) is 0 Å². The Hall–Kier alpha value is 0.610. The largest absolute Gasteiger partial charge is 0.380 e. The summed E-state index contributed by atoms with van der Waals surface area (Å²) in [6.45, 7) is 2.03. The summed E-state index contributed by atoms with van der Waals surface area (Å²) >= 11 is 2.30. The van der Waals surface area contributed by atoms with Gasteiger partial charge in [0, 0.05) is 49.1 Å². The zero-order valence-corrected chi connectivity index (χ0v) is 8.24. The number of nitrogens with two attached hydrogens (primary N) is 1. The second-order valence-corrected chi connectivity index (χ2v) is 3.96. The number of piperidine rings is 1. The maximum absolute atomic E-state index is 5.81. The highest BCUT2D eigenvalue weighted by atomic mass is 127. The van der Waals surface area contributed by atoms with E-state index in [0.717, 1.165) is 19.5 Å². The quantitative estimate of drug-likeness (QED) is 0.544. The summed E-state index contributed by atoms with van der Waals surface area (Å²) in [5, 5.41) is 0. The normalized spacial score (nSPS) is 36.3. The first-order chi connectivity index (χ1) is 4.74. The monoisotopic (exact) mass is 256 g/mol. The number of halogens is 1. The van der Waals surface area contributed by atoms with Crippen LogP contribution in [-0.4, -0.2) is 35.5 Å². The average molecular weight is 256 g/mol. The summed E-state index contributed by atoms with van der Waals surface area (Å²) in [5.41, 5.74) is 5.81. The van der Waals surface area contributed by atoms with E-state index < -0.39 is 0 Å². The molecule has 0 radical (unpaired) electrons. The van der Waals surface area contributed by atoms with E-state index in [1.807, 2.05) is 0 Å². The molecule has 0 saturated carbocycles. The van der Waals surface area contributed by atoms with Crippen LogP contribution in [-0.2, 0) is 4.74 Å². The molecule has 2 N–H and O–H groups in total. The minimum Gasteiger partial charge on any atom is -0.380 e. The molecule has 0 aromatic carbocycles. The maximum Gasteiger partial charge on any atom is 0.0747 e. The summed E-state index contributed by atoms with van der Waals surface area (Å²) in [4.78, 5) is 0. The molecule has 1 rings (SSSR count). The lowest BCUT2D eigenvalue weighted by atomic mass is 10.1. The van der Waals surface area contributed by atoms with Crippen molar-refractivity contribution in [3.63, 3.8) is 0 Å². The summed E-state index contributed by atoms with van der Waals surface area (Å²) in [7, 11) is 1.73. The van der Waals surface area contributed by atoms with E-state index in [1.54, 1.807) is 7.11 Å². The molecule has 0 aromatic heterocycles. The molecule has 0 aromatic rings. The summed E-state index contributed by atoms with van der Waals surface area (Å²) in [5.74, 6) is 0. The Bertz CT molecular complexity index is 112. The van der Waals surface area contributed by atoms with Crippen molar-refractivity contribution >= 4 is 22.9 Å². The Morgan fingerprint density at radius 2 is 2.40 bits per heavy atom. The zero-order chi connectivity index (χ0) is 7.56. The van der Waals surface area contributed by atoms with E-state index in [9.17, 15) is 0 Å². The smallest absolute Gasteiger partial charge is 0.0747 e. The van der Waals surface area contributed by atoms with Crippen LogP contribution in [0.15, 0.2) is 0 Å². The van der Waals surface area contributed by atoms with Crippen LogP contribution < -0.4 is 5.73 Å². The van der Waals surface area contributed by atoms with Gasteiger partial charge < -0.3 is 10.5 Å². The lowest BCUT2D eigenvalue weighted by molar-refractivity contribution is 0.0489. The molecule has 2 atom stereocenters. The van der Waals surface area contributed by atoms with Crippen LogP contribution in [0.5, 0.6) is 0 Å². The van der Waals surface area contributed by atoms with E-state index in [1.165, 1.54) is 0 Å². The van der Waals surface area contributed by atoms with Gasteiger partial charge in [-0.15, -0.1) is 0 Å². The van der Waals surface area contributed by atoms with Gasteiger partial charge in [0.2, 0.25) is 0 Å². The standard InChI is InChI=1S/C6H13IN2O/c1-10-6-2-3-9(7)4-5(6)8/h5-6H,2-4,8H2,1H3/t5-,6-/m0/s1. The van der Waals surface area contributed by atoms with E-state index in [0.29, 0.717) is 0 Å². The molecule has 1 aliphatic rings. The lowest BCUT2D eigenvalue weighted by Gasteiger charge is -2.31. The predicted octanol–water partition coefficient (Wildman–Crippen LogP) is 0.384. The van der Waals surface area contributed by atoms with Crippen LogP contribution >= 0.6 is 22.9 Å². The van der Waals surface area contributed by atoms with Crippen molar-refractivity contribution in [2.24, 2.45) is 5.73 Å². The second kappa shape index (κ2) is 3.85. The summed E-state index contributed by atoms with van der Waals surface area (Å²) in [6.07, 6.45) is 1.33. The first kappa shape index (κ1) is 8.70. The van der Waals surface area contributed by atoms with Crippen molar-refractivity contribution < 1.29 is 4.74 Å². The first-order valence-electron chi connectivity index (χ1n) is 3.43. The van der Waals surface area contributed by atoms with E-state index in [-0.39, 0.29) is 12.1 Å². The van der Waals surface area contributed by atoms with Gasteiger partial charge in [0.25, 0.3) is 0 Å². The van der Waals surface area contributed by atoms with Gasteiger partial charge in [0.15, 0.2) is 0 Å². The third-order valence-electron chi connectivity index (χ3n) is 1.85. The van der Waals surface area contributed by atoms with Gasteiger partial charge in [0.1, 0.15) is 0 Å². The molecule has 1 aliphatic heterocycles. The van der Waals surface area contributed by atoms with Crippen LogP contribution in [0.3, 0.4) is 0 Å². The predicted molar refractivity (Wildman–Crippen MR) is 49.0 cm³/mol. The molecule has 10 heavy (non-hydrogen) atoms. The Labute approximate surface area is 75.4 Å². The van der Waals surface area contributed by atoms with Crippen molar-refractivity contribution in [1.29, 1.82) is 0 Å². The van der Waals surface area contributed by atoms with Crippen LogP contribution in [0, 0.1) is 0 Å². The van der Waals surface area contributed by atoms with Crippen molar-refractivity contribution in [3.05, 3.63) is 0 Å². The highest BCUT2D eigenvalue weighted by Crippen LogP contribution is 2.14. The highest BCUT2D eigenvalue weighted by Gasteiger charge is 2.24. The average Bonchev–Trinajstić information content (AvgIpc) is 1.88. The number of nitrogens with zero attached hydrogens (tertiary/aromatic N) is 1. The van der Waals surface area contributed by atoms with Gasteiger partial charge in [-0.25, -0.2) is 3.11 Å². The number of methoxy groups -OCH3 is 1. The molecular formula is C6H13IN2O. The summed E-state index contributed by atoms with van der Waals surface area (Å²) < 4.78 is 7.40. The molecule has 3 nitrogen and oxygen atoms in total. The fourth-order valence-electron chi connectivity index (χ4n) is 1.21. The Kier molecular flexibility index (Phi) is 3.35. The number of rotatable bonds is 1.